The molecule has 2 aromatic carbocycles. The first-order valence-corrected chi connectivity index (χ1v) is 10.4. The van der Waals surface area contributed by atoms with Crippen LogP contribution in [0.15, 0.2) is 54.6 Å². The lowest BCUT2D eigenvalue weighted by molar-refractivity contribution is 0.0899. The third-order valence-electron chi connectivity index (χ3n) is 5.68. The highest BCUT2D eigenvalue weighted by Gasteiger charge is 2.25. The maximum absolute atomic E-state index is 13.2. The predicted octanol–water partition coefficient (Wildman–Crippen LogP) is 4.02. The lowest BCUT2D eigenvalue weighted by Crippen LogP contribution is -2.47. The molecule has 0 radical (unpaired) electrons. The Labute approximate surface area is 176 Å². The number of nitrogens with one attached hydrogen (secondary N) is 1. The van der Waals surface area contributed by atoms with Crippen molar-refractivity contribution in [3.05, 3.63) is 82.9 Å². The van der Waals surface area contributed by atoms with Gasteiger partial charge in [-0.15, -0.1) is 0 Å². The zero-order valence-electron chi connectivity index (χ0n) is 17.4. The number of hydrogen-bond acceptors (Lipinski definition) is 3. The molecule has 4 rings (SSSR count). The third kappa shape index (κ3) is 4.44. The van der Waals surface area contributed by atoms with Crippen LogP contribution >= 0.6 is 0 Å². The number of aryl methyl sites for hydroxylation is 1. The Bertz CT molecular complexity index is 1010. The van der Waals surface area contributed by atoms with E-state index < -0.39 is 0 Å². The van der Waals surface area contributed by atoms with Crippen molar-refractivity contribution >= 4 is 5.91 Å². The number of hydrogen-bond donors (Lipinski definition) is 1. The van der Waals surface area contributed by atoms with Gasteiger partial charge in [0.05, 0.1) is 22.6 Å². The summed E-state index contributed by atoms with van der Waals surface area (Å²) in [7, 11) is 0. The van der Waals surface area contributed by atoms with Gasteiger partial charge in [-0.05, 0) is 63.1 Å². The van der Waals surface area contributed by atoms with Gasteiger partial charge in [-0.25, -0.2) is 9.07 Å². The maximum Gasteiger partial charge on any atom is 0.255 e. The molecule has 1 fully saturated rings. The van der Waals surface area contributed by atoms with Gasteiger partial charge in [-0.3, -0.25) is 9.69 Å². The number of amides is 1. The maximum atomic E-state index is 13.2. The van der Waals surface area contributed by atoms with Crippen molar-refractivity contribution in [3.63, 3.8) is 0 Å². The molecular weight excluding hydrogens is 379 g/mol. The number of piperidine rings is 1. The Morgan fingerprint density at radius 1 is 1.13 bits per heavy atom. The van der Waals surface area contributed by atoms with E-state index in [2.05, 4.69) is 39.6 Å². The van der Waals surface area contributed by atoms with Gasteiger partial charge in [-0.2, -0.15) is 5.10 Å². The number of carbonyl (C=O) groups is 1. The minimum absolute atomic E-state index is 0.0927. The molecule has 1 aliphatic heterocycles. The highest BCUT2D eigenvalue weighted by atomic mass is 19.1. The van der Waals surface area contributed by atoms with E-state index in [0.29, 0.717) is 11.3 Å². The summed E-state index contributed by atoms with van der Waals surface area (Å²) in [6, 6.07) is 16.7. The summed E-state index contributed by atoms with van der Waals surface area (Å²) in [5.41, 5.74) is 4.05. The van der Waals surface area contributed by atoms with Crippen molar-refractivity contribution < 1.29 is 9.18 Å². The zero-order valence-corrected chi connectivity index (χ0v) is 17.4. The monoisotopic (exact) mass is 406 g/mol. The van der Waals surface area contributed by atoms with E-state index in [-0.39, 0.29) is 17.8 Å². The third-order valence-corrected chi connectivity index (χ3v) is 5.68. The molecule has 1 aromatic heterocycles. The van der Waals surface area contributed by atoms with E-state index in [4.69, 9.17) is 0 Å². The van der Waals surface area contributed by atoms with Crippen molar-refractivity contribution in [2.45, 2.75) is 39.3 Å². The summed E-state index contributed by atoms with van der Waals surface area (Å²) in [6.45, 7) is 6.49. The number of likely N-dealkylation sites (tertiary alicyclic amines) is 1. The SMILES string of the molecule is Cc1nn(-c2ccc(F)cc2)c(C)c1C(=O)N[C@H]1CCCN(Cc2ccccc2)C1. The molecule has 156 valence electrons. The average Bonchev–Trinajstić information content (AvgIpc) is 3.03. The molecule has 1 atom stereocenters. The Morgan fingerprint density at radius 3 is 2.60 bits per heavy atom. The van der Waals surface area contributed by atoms with Gasteiger partial charge in [0, 0.05) is 19.1 Å². The van der Waals surface area contributed by atoms with Crippen LogP contribution in [-0.4, -0.2) is 39.7 Å². The largest absolute Gasteiger partial charge is 0.348 e. The fraction of sp³-hybridized carbons (Fsp3) is 0.333. The second-order valence-corrected chi connectivity index (χ2v) is 7.97. The van der Waals surface area contributed by atoms with Crippen LogP contribution in [0, 0.1) is 19.7 Å². The normalized spacial score (nSPS) is 17.1. The smallest absolute Gasteiger partial charge is 0.255 e. The summed E-state index contributed by atoms with van der Waals surface area (Å²) in [4.78, 5) is 15.5. The summed E-state index contributed by atoms with van der Waals surface area (Å²) < 4.78 is 14.9. The molecule has 6 heteroatoms. The van der Waals surface area contributed by atoms with Crippen LogP contribution in [0.1, 0.15) is 40.2 Å². The molecule has 30 heavy (non-hydrogen) atoms. The quantitative estimate of drug-likeness (QED) is 0.696. The number of carbonyl (C=O) groups excluding carboxylic acids is 1. The van der Waals surface area contributed by atoms with Crippen LogP contribution in [0.5, 0.6) is 0 Å². The second kappa shape index (κ2) is 8.79. The van der Waals surface area contributed by atoms with Gasteiger partial charge >= 0.3 is 0 Å². The molecule has 1 N–H and O–H groups in total. The van der Waals surface area contributed by atoms with Gasteiger partial charge < -0.3 is 5.32 Å². The molecule has 3 aromatic rings. The van der Waals surface area contributed by atoms with Crippen molar-refractivity contribution in [1.29, 1.82) is 0 Å². The molecule has 1 saturated heterocycles. The summed E-state index contributed by atoms with van der Waals surface area (Å²) in [5.74, 6) is -0.388. The van der Waals surface area contributed by atoms with Crippen LogP contribution in [0.3, 0.4) is 0 Å². The molecule has 0 saturated carbocycles. The molecule has 0 spiro atoms. The van der Waals surface area contributed by atoms with E-state index in [1.807, 2.05) is 19.9 Å². The Hall–Kier alpha value is -2.99. The zero-order chi connectivity index (χ0) is 21.1. The molecule has 0 bridgehead atoms. The predicted molar refractivity (Wildman–Crippen MR) is 115 cm³/mol. The fourth-order valence-electron chi connectivity index (χ4n) is 4.22. The molecular formula is C24H27FN4O. The minimum Gasteiger partial charge on any atom is -0.348 e. The molecule has 0 unspecified atom stereocenters. The van der Waals surface area contributed by atoms with Crippen LogP contribution < -0.4 is 5.32 Å². The number of benzene rings is 2. The lowest BCUT2D eigenvalue weighted by Gasteiger charge is -2.33. The first-order chi connectivity index (χ1) is 14.5. The van der Waals surface area contributed by atoms with Crippen molar-refractivity contribution in [2.24, 2.45) is 0 Å². The number of aromatic nitrogens is 2. The van der Waals surface area contributed by atoms with Gasteiger partial charge in [0.1, 0.15) is 5.82 Å². The lowest BCUT2D eigenvalue weighted by atomic mass is 10.0. The summed E-state index contributed by atoms with van der Waals surface area (Å²) in [5, 5.41) is 7.73. The van der Waals surface area contributed by atoms with Gasteiger partial charge in [0.25, 0.3) is 5.91 Å². The van der Waals surface area contributed by atoms with E-state index >= 15 is 0 Å². The highest BCUT2D eigenvalue weighted by molar-refractivity contribution is 5.96. The van der Waals surface area contributed by atoms with Crippen LogP contribution in [-0.2, 0) is 6.54 Å². The average molecular weight is 407 g/mol. The standard InChI is InChI=1S/C24H27FN4O/c1-17-23(18(2)29(27-17)22-12-10-20(25)11-13-22)24(30)26-21-9-6-14-28(16-21)15-19-7-4-3-5-8-19/h3-5,7-8,10-13,21H,6,9,14-16H2,1-2H3,(H,26,30)/t21-/m0/s1. The summed E-state index contributed by atoms with van der Waals surface area (Å²) >= 11 is 0. The number of halogens is 1. The van der Waals surface area contributed by atoms with Crippen LogP contribution in [0.25, 0.3) is 5.69 Å². The van der Waals surface area contributed by atoms with Gasteiger partial charge in [-0.1, -0.05) is 30.3 Å². The van der Waals surface area contributed by atoms with E-state index in [9.17, 15) is 9.18 Å². The minimum atomic E-state index is -0.296. The van der Waals surface area contributed by atoms with Crippen LogP contribution in [0.2, 0.25) is 0 Å². The number of nitrogens with zero attached hydrogens (tertiary/aromatic N) is 3. The Morgan fingerprint density at radius 2 is 1.87 bits per heavy atom. The van der Waals surface area contributed by atoms with Crippen LogP contribution in [0.4, 0.5) is 4.39 Å². The van der Waals surface area contributed by atoms with Crippen molar-refractivity contribution in [1.82, 2.24) is 20.0 Å². The molecule has 1 amide bonds. The van der Waals surface area contributed by atoms with Crippen molar-refractivity contribution in [3.8, 4) is 5.69 Å². The molecule has 5 nitrogen and oxygen atoms in total. The first kappa shape index (κ1) is 20.3. The van der Waals surface area contributed by atoms with E-state index in [1.165, 1.54) is 17.7 Å². The molecule has 2 heterocycles. The van der Waals surface area contributed by atoms with E-state index in [0.717, 1.165) is 43.9 Å². The molecule has 0 aliphatic carbocycles. The topological polar surface area (TPSA) is 50.2 Å². The first-order valence-electron chi connectivity index (χ1n) is 10.4. The highest BCUT2D eigenvalue weighted by Crippen LogP contribution is 2.20. The van der Waals surface area contributed by atoms with Gasteiger partial charge in [0.2, 0.25) is 0 Å². The summed E-state index contributed by atoms with van der Waals surface area (Å²) in [6.07, 6.45) is 2.03. The Kier molecular flexibility index (Phi) is 5.95. The second-order valence-electron chi connectivity index (χ2n) is 7.97. The van der Waals surface area contributed by atoms with Crippen molar-refractivity contribution in [2.75, 3.05) is 13.1 Å². The fourth-order valence-corrected chi connectivity index (χ4v) is 4.22. The Balaban J connectivity index is 1.45. The van der Waals surface area contributed by atoms with E-state index in [1.54, 1.807) is 16.8 Å². The number of rotatable bonds is 5. The molecule has 1 aliphatic rings. The van der Waals surface area contributed by atoms with Gasteiger partial charge in [0.15, 0.2) is 0 Å².